The molecule has 0 amide bonds. The number of benzene rings is 2. The average molecular weight is 515 g/mol. The van der Waals surface area contributed by atoms with Gasteiger partial charge in [0.25, 0.3) is 5.56 Å². The Morgan fingerprint density at radius 1 is 0.816 bits per heavy atom. The van der Waals surface area contributed by atoms with E-state index in [0.29, 0.717) is 29.2 Å². The second-order valence-electron chi connectivity index (χ2n) is 11.4. The molecule has 3 unspecified atom stereocenters. The third-order valence-electron chi connectivity index (χ3n) is 9.08. The standard InChI is InChI=1S/C31H38N4O3/c36-30-29(33-28(31(37)38)21-11-5-4-6-12-21)32-26-15-9-10-16-27(26)35(30)25-19-23-17-18-24(20-25)34(23)22-13-7-2-1-3-8-14-22/h4-6,9-12,15-16,22-25,28H,1-3,7-8,13-14,17-20H2,(H,32,33)(H,37,38)/t23-,24?,25?,28?/m0/s1. The fourth-order valence-electron chi connectivity index (χ4n) is 7.40. The molecule has 2 bridgehead atoms. The summed E-state index contributed by atoms with van der Waals surface area (Å²) in [6.07, 6.45) is 13.7. The summed E-state index contributed by atoms with van der Waals surface area (Å²) in [6, 6.07) is 17.5. The molecule has 0 radical (unpaired) electrons. The molecule has 1 aromatic heterocycles. The van der Waals surface area contributed by atoms with Gasteiger partial charge in [-0.25, -0.2) is 9.78 Å². The van der Waals surface area contributed by atoms with E-state index in [2.05, 4.69) is 15.2 Å². The number of rotatable bonds is 6. The van der Waals surface area contributed by atoms with Crippen molar-refractivity contribution in [1.29, 1.82) is 0 Å². The number of para-hydroxylation sites is 2. The van der Waals surface area contributed by atoms with Gasteiger partial charge in [0.1, 0.15) is 0 Å². The van der Waals surface area contributed by atoms with Crippen molar-refractivity contribution < 1.29 is 9.90 Å². The van der Waals surface area contributed by atoms with Crippen LogP contribution >= 0.6 is 0 Å². The van der Waals surface area contributed by atoms with Crippen molar-refractivity contribution in [3.05, 3.63) is 70.5 Å². The molecule has 4 atom stereocenters. The molecule has 1 aliphatic carbocycles. The first kappa shape index (κ1) is 25.1. The van der Waals surface area contributed by atoms with E-state index in [1.165, 1.54) is 57.8 Å². The third kappa shape index (κ3) is 4.84. The molecular formula is C31H38N4O3. The minimum Gasteiger partial charge on any atom is -0.479 e. The van der Waals surface area contributed by atoms with Crippen LogP contribution in [0.25, 0.3) is 11.0 Å². The summed E-state index contributed by atoms with van der Waals surface area (Å²) in [7, 11) is 0. The van der Waals surface area contributed by atoms with Gasteiger partial charge in [0.05, 0.1) is 11.0 Å². The minimum absolute atomic E-state index is 0.0817. The largest absolute Gasteiger partial charge is 0.479 e. The number of hydrogen-bond donors (Lipinski definition) is 2. The molecule has 3 fully saturated rings. The minimum atomic E-state index is -1.05. The van der Waals surface area contributed by atoms with E-state index in [-0.39, 0.29) is 17.4 Å². The first-order valence-electron chi connectivity index (χ1n) is 14.4. The van der Waals surface area contributed by atoms with Crippen molar-refractivity contribution in [1.82, 2.24) is 14.5 Å². The lowest BCUT2D eigenvalue weighted by atomic mass is 9.89. The summed E-state index contributed by atoms with van der Waals surface area (Å²) < 4.78 is 1.93. The molecule has 2 aliphatic heterocycles. The smallest absolute Gasteiger partial charge is 0.330 e. The number of carbonyl (C=O) groups is 1. The average Bonchev–Trinajstić information content (AvgIpc) is 3.16. The van der Waals surface area contributed by atoms with Crippen LogP contribution in [0, 0.1) is 0 Å². The summed E-state index contributed by atoms with van der Waals surface area (Å²) in [4.78, 5) is 33.7. The van der Waals surface area contributed by atoms with Crippen molar-refractivity contribution in [3.63, 3.8) is 0 Å². The van der Waals surface area contributed by atoms with Crippen molar-refractivity contribution in [2.24, 2.45) is 0 Å². The number of fused-ring (bicyclic) bond motifs is 3. The lowest BCUT2D eigenvalue weighted by molar-refractivity contribution is -0.138. The number of hydrogen-bond acceptors (Lipinski definition) is 5. The second-order valence-corrected chi connectivity index (χ2v) is 11.4. The van der Waals surface area contributed by atoms with E-state index in [0.717, 1.165) is 18.4 Å². The Labute approximate surface area is 223 Å². The highest BCUT2D eigenvalue weighted by atomic mass is 16.4. The van der Waals surface area contributed by atoms with Crippen LogP contribution in [0.4, 0.5) is 5.82 Å². The molecule has 7 nitrogen and oxygen atoms in total. The molecule has 200 valence electrons. The van der Waals surface area contributed by atoms with Gasteiger partial charge >= 0.3 is 5.97 Å². The van der Waals surface area contributed by atoms with Crippen molar-refractivity contribution in [2.75, 3.05) is 5.32 Å². The maximum Gasteiger partial charge on any atom is 0.330 e. The Kier molecular flexibility index (Phi) is 7.20. The highest BCUT2D eigenvalue weighted by molar-refractivity contribution is 5.80. The van der Waals surface area contributed by atoms with Gasteiger partial charge in [-0.2, -0.15) is 0 Å². The predicted molar refractivity (Wildman–Crippen MR) is 149 cm³/mol. The monoisotopic (exact) mass is 514 g/mol. The number of carboxylic acid groups (broad SMARTS) is 1. The third-order valence-corrected chi connectivity index (χ3v) is 9.08. The molecule has 1 saturated carbocycles. The van der Waals surface area contributed by atoms with Crippen molar-refractivity contribution in [3.8, 4) is 0 Å². The molecule has 3 aliphatic rings. The second kappa shape index (κ2) is 10.9. The lowest BCUT2D eigenvalue weighted by Crippen LogP contribution is -2.50. The van der Waals surface area contributed by atoms with Crippen LogP contribution in [-0.4, -0.2) is 43.7 Å². The molecule has 38 heavy (non-hydrogen) atoms. The van der Waals surface area contributed by atoms with Gasteiger partial charge in [-0.3, -0.25) is 9.69 Å². The molecular weight excluding hydrogens is 476 g/mol. The van der Waals surface area contributed by atoms with E-state index >= 15 is 0 Å². The molecule has 7 heteroatoms. The maximum atomic E-state index is 14.0. The molecule has 2 aromatic carbocycles. The van der Waals surface area contributed by atoms with Gasteiger partial charge in [0, 0.05) is 24.2 Å². The number of piperidine rings is 1. The summed E-state index contributed by atoms with van der Waals surface area (Å²) in [6.45, 7) is 0. The number of carboxylic acids is 1. The topological polar surface area (TPSA) is 87.5 Å². The van der Waals surface area contributed by atoms with Gasteiger partial charge < -0.3 is 15.0 Å². The van der Waals surface area contributed by atoms with Crippen LogP contribution in [-0.2, 0) is 4.79 Å². The number of nitrogens with zero attached hydrogens (tertiary/aromatic N) is 3. The predicted octanol–water partition coefficient (Wildman–Crippen LogP) is 5.92. The van der Waals surface area contributed by atoms with Gasteiger partial charge in [-0.1, -0.05) is 74.6 Å². The van der Waals surface area contributed by atoms with Gasteiger partial charge in [0.15, 0.2) is 11.9 Å². The number of anilines is 1. The molecule has 2 saturated heterocycles. The Hall–Kier alpha value is -3.19. The summed E-state index contributed by atoms with van der Waals surface area (Å²) in [5, 5.41) is 13.0. The SMILES string of the molecule is O=C(O)C(Nc1nc2ccccc2n(C2CC3CC[C@@H](C2)N3C2CCCCCCC2)c1=O)c1ccccc1. The molecule has 6 rings (SSSR count). The van der Waals surface area contributed by atoms with Gasteiger partial charge in [-0.05, 0) is 56.2 Å². The zero-order chi connectivity index (χ0) is 26.1. The Morgan fingerprint density at radius 2 is 1.45 bits per heavy atom. The van der Waals surface area contributed by atoms with Crippen LogP contribution in [0.15, 0.2) is 59.4 Å². The Balaban J connectivity index is 1.33. The van der Waals surface area contributed by atoms with E-state index < -0.39 is 12.0 Å². The van der Waals surface area contributed by atoms with Crippen LogP contribution in [0.3, 0.4) is 0 Å². The van der Waals surface area contributed by atoms with Crippen LogP contribution in [0.5, 0.6) is 0 Å². The van der Waals surface area contributed by atoms with Crippen molar-refractivity contribution >= 4 is 22.8 Å². The quantitative estimate of drug-likeness (QED) is 0.425. The van der Waals surface area contributed by atoms with E-state index in [1.807, 2.05) is 34.9 Å². The van der Waals surface area contributed by atoms with Crippen LogP contribution in [0.1, 0.15) is 88.3 Å². The highest BCUT2D eigenvalue weighted by Crippen LogP contribution is 2.44. The zero-order valence-corrected chi connectivity index (χ0v) is 22.0. The van der Waals surface area contributed by atoms with Crippen LogP contribution in [0.2, 0.25) is 0 Å². The molecule has 0 spiro atoms. The number of aromatic nitrogens is 2. The highest BCUT2D eigenvalue weighted by Gasteiger charge is 2.44. The first-order chi connectivity index (χ1) is 18.6. The number of aliphatic carboxylic acids is 1. The van der Waals surface area contributed by atoms with Crippen molar-refractivity contribution in [2.45, 2.75) is 101 Å². The fourth-order valence-corrected chi connectivity index (χ4v) is 7.40. The molecule has 3 aromatic rings. The first-order valence-corrected chi connectivity index (χ1v) is 14.4. The summed E-state index contributed by atoms with van der Waals surface area (Å²) >= 11 is 0. The molecule has 3 heterocycles. The van der Waals surface area contributed by atoms with Gasteiger partial charge in [-0.15, -0.1) is 0 Å². The van der Waals surface area contributed by atoms with Gasteiger partial charge in [0.2, 0.25) is 0 Å². The molecule has 2 N–H and O–H groups in total. The summed E-state index contributed by atoms with van der Waals surface area (Å²) in [5.41, 5.74) is 1.90. The normalized spacial score (nSPS) is 25.5. The van der Waals surface area contributed by atoms with E-state index in [4.69, 9.17) is 0 Å². The van der Waals surface area contributed by atoms with E-state index in [9.17, 15) is 14.7 Å². The van der Waals surface area contributed by atoms with E-state index in [1.54, 1.807) is 24.3 Å². The number of nitrogens with one attached hydrogen (secondary N) is 1. The fraction of sp³-hybridized carbons (Fsp3) is 0.516. The Bertz CT molecular complexity index is 1320. The Morgan fingerprint density at radius 3 is 2.13 bits per heavy atom. The summed E-state index contributed by atoms with van der Waals surface area (Å²) in [5.74, 6) is -0.933. The van der Waals surface area contributed by atoms with Crippen LogP contribution < -0.4 is 10.9 Å². The zero-order valence-electron chi connectivity index (χ0n) is 22.0. The maximum absolute atomic E-state index is 14.0. The lowest BCUT2D eigenvalue weighted by Gasteiger charge is -2.45.